The molecule has 23 heavy (non-hydrogen) atoms. The molecule has 6 nitrogen and oxygen atoms in total. The Hall–Kier alpha value is -1.67. The van der Waals surface area contributed by atoms with Crippen LogP contribution in [0.4, 0.5) is 4.39 Å². The van der Waals surface area contributed by atoms with E-state index in [4.69, 9.17) is 4.74 Å². The SMILES string of the molecule is COc1ccc(F)cc1C(=O)N1CCCC[C@H]1CNS(C)(=O)=O. The van der Waals surface area contributed by atoms with Crippen molar-refractivity contribution in [2.45, 2.75) is 25.3 Å². The molecule has 0 saturated carbocycles. The summed E-state index contributed by atoms with van der Waals surface area (Å²) in [6, 6.07) is 3.54. The highest BCUT2D eigenvalue weighted by Crippen LogP contribution is 2.25. The van der Waals surface area contributed by atoms with Crippen LogP contribution in [0.25, 0.3) is 0 Å². The smallest absolute Gasteiger partial charge is 0.258 e. The number of piperidine rings is 1. The van der Waals surface area contributed by atoms with Crippen LogP contribution in [0.5, 0.6) is 5.75 Å². The quantitative estimate of drug-likeness (QED) is 0.875. The normalized spacial score (nSPS) is 18.7. The second-order valence-electron chi connectivity index (χ2n) is 5.61. The third-order valence-corrected chi connectivity index (χ3v) is 4.55. The standard InChI is InChI=1S/C15H21FN2O4S/c1-22-14-7-6-11(16)9-13(14)15(19)18-8-4-3-5-12(18)10-17-23(2,20)21/h6-7,9,12,17H,3-5,8,10H2,1-2H3/t12-/m0/s1. The van der Waals surface area contributed by atoms with Crippen molar-refractivity contribution in [1.29, 1.82) is 0 Å². The van der Waals surface area contributed by atoms with Crippen LogP contribution in [0.3, 0.4) is 0 Å². The average Bonchev–Trinajstić information content (AvgIpc) is 2.52. The minimum absolute atomic E-state index is 0.152. The van der Waals surface area contributed by atoms with E-state index in [0.29, 0.717) is 18.7 Å². The minimum Gasteiger partial charge on any atom is -0.496 e. The van der Waals surface area contributed by atoms with Crippen LogP contribution in [-0.2, 0) is 10.0 Å². The fourth-order valence-electron chi connectivity index (χ4n) is 2.73. The first-order chi connectivity index (χ1) is 10.8. The van der Waals surface area contributed by atoms with Gasteiger partial charge in [-0.2, -0.15) is 0 Å². The van der Waals surface area contributed by atoms with Gasteiger partial charge in [0.2, 0.25) is 10.0 Å². The first-order valence-electron chi connectivity index (χ1n) is 7.41. The summed E-state index contributed by atoms with van der Waals surface area (Å²) in [6.07, 6.45) is 3.53. The van der Waals surface area contributed by atoms with E-state index in [9.17, 15) is 17.6 Å². The Morgan fingerprint density at radius 2 is 2.17 bits per heavy atom. The van der Waals surface area contributed by atoms with Gasteiger partial charge in [-0.05, 0) is 37.5 Å². The first-order valence-corrected chi connectivity index (χ1v) is 9.30. The molecule has 1 aliphatic rings. The van der Waals surface area contributed by atoms with E-state index in [1.165, 1.54) is 19.2 Å². The molecule has 0 aromatic heterocycles. The van der Waals surface area contributed by atoms with E-state index < -0.39 is 15.8 Å². The molecule has 0 radical (unpaired) electrons. The summed E-state index contributed by atoms with van der Waals surface area (Å²) in [6.45, 7) is 0.664. The molecule has 1 atom stereocenters. The van der Waals surface area contributed by atoms with Crippen LogP contribution >= 0.6 is 0 Å². The van der Waals surface area contributed by atoms with Crippen LogP contribution in [0.15, 0.2) is 18.2 Å². The zero-order valence-corrected chi connectivity index (χ0v) is 14.0. The molecular formula is C15H21FN2O4S. The van der Waals surface area contributed by atoms with Crippen LogP contribution in [0.2, 0.25) is 0 Å². The molecule has 1 aromatic carbocycles. The van der Waals surface area contributed by atoms with Crippen molar-refractivity contribution in [3.8, 4) is 5.75 Å². The molecule has 1 heterocycles. The number of nitrogens with one attached hydrogen (secondary N) is 1. The summed E-state index contributed by atoms with van der Waals surface area (Å²) < 4.78 is 43.6. The Morgan fingerprint density at radius 3 is 2.83 bits per heavy atom. The topological polar surface area (TPSA) is 75.7 Å². The molecule has 2 rings (SSSR count). The van der Waals surface area contributed by atoms with E-state index >= 15 is 0 Å². The fraction of sp³-hybridized carbons (Fsp3) is 0.533. The van der Waals surface area contributed by atoms with Crippen LogP contribution in [-0.4, -0.2) is 51.7 Å². The number of halogens is 1. The number of methoxy groups -OCH3 is 1. The summed E-state index contributed by atoms with van der Waals surface area (Å²) in [5.74, 6) is -0.560. The number of nitrogens with zero attached hydrogens (tertiary/aromatic N) is 1. The Kier molecular flexibility index (Phi) is 5.59. The molecule has 1 aromatic rings. The minimum atomic E-state index is -3.33. The molecule has 1 amide bonds. The van der Waals surface area contributed by atoms with Crippen molar-refractivity contribution >= 4 is 15.9 Å². The zero-order chi connectivity index (χ0) is 17.0. The van der Waals surface area contributed by atoms with Crippen LogP contribution in [0.1, 0.15) is 29.6 Å². The number of rotatable bonds is 5. The maximum atomic E-state index is 13.5. The molecule has 1 N–H and O–H groups in total. The Morgan fingerprint density at radius 1 is 1.43 bits per heavy atom. The number of amides is 1. The summed E-state index contributed by atoms with van der Waals surface area (Å²) in [7, 11) is -1.91. The van der Waals surface area contributed by atoms with E-state index in [0.717, 1.165) is 25.2 Å². The number of carbonyl (C=O) groups is 1. The van der Waals surface area contributed by atoms with Gasteiger partial charge in [-0.15, -0.1) is 0 Å². The lowest BCUT2D eigenvalue weighted by Crippen LogP contribution is -2.49. The molecule has 0 unspecified atom stereocenters. The second kappa shape index (κ2) is 7.27. The number of carbonyl (C=O) groups excluding carboxylic acids is 1. The van der Waals surface area contributed by atoms with Crippen molar-refractivity contribution in [1.82, 2.24) is 9.62 Å². The molecule has 1 aliphatic heterocycles. The van der Waals surface area contributed by atoms with Gasteiger partial charge in [-0.1, -0.05) is 0 Å². The molecule has 0 spiro atoms. The first kappa shape index (κ1) is 17.7. The van der Waals surface area contributed by atoms with Gasteiger partial charge in [0.1, 0.15) is 11.6 Å². The zero-order valence-electron chi connectivity index (χ0n) is 13.2. The van der Waals surface area contributed by atoms with Gasteiger partial charge in [0.25, 0.3) is 5.91 Å². The van der Waals surface area contributed by atoms with Crippen LogP contribution < -0.4 is 9.46 Å². The third kappa shape index (κ3) is 4.65. The van der Waals surface area contributed by atoms with Gasteiger partial charge in [-0.25, -0.2) is 17.5 Å². The lowest BCUT2D eigenvalue weighted by Gasteiger charge is -2.36. The molecule has 0 aliphatic carbocycles. The molecule has 1 fully saturated rings. The number of hydrogen-bond donors (Lipinski definition) is 1. The Balaban J connectivity index is 2.23. The lowest BCUT2D eigenvalue weighted by molar-refractivity contribution is 0.0615. The Bertz CT molecular complexity index is 678. The summed E-state index contributed by atoms with van der Waals surface area (Å²) in [5.41, 5.74) is 0.152. The second-order valence-corrected chi connectivity index (χ2v) is 7.45. The average molecular weight is 344 g/mol. The molecule has 8 heteroatoms. The highest BCUT2D eigenvalue weighted by atomic mass is 32.2. The molecule has 1 saturated heterocycles. The van der Waals surface area contributed by atoms with Gasteiger partial charge in [0.15, 0.2) is 0 Å². The van der Waals surface area contributed by atoms with E-state index in [1.54, 1.807) is 4.90 Å². The maximum absolute atomic E-state index is 13.5. The molecular weight excluding hydrogens is 323 g/mol. The summed E-state index contributed by atoms with van der Waals surface area (Å²) >= 11 is 0. The lowest BCUT2D eigenvalue weighted by atomic mass is 10.0. The van der Waals surface area contributed by atoms with Crippen molar-refractivity contribution in [2.24, 2.45) is 0 Å². The number of benzene rings is 1. The monoisotopic (exact) mass is 344 g/mol. The van der Waals surface area contributed by atoms with Crippen LogP contribution in [0, 0.1) is 5.82 Å². The highest BCUT2D eigenvalue weighted by molar-refractivity contribution is 7.88. The third-order valence-electron chi connectivity index (χ3n) is 3.86. The van der Waals surface area contributed by atoms with Gasteiger partial charge in [0.05, 0.1) is 18.9 Å². The number of sulfonamides is 1. The number of ether oxygens (including phenoxy) is 1. The van der Waals surface area contributed by atoms with Crippen molar-refractivity contribution in [2.75, 3.05) is 26.5 Å². The van der Waals surface area contributed by atoms with Gasteiger partial charge in [0, 0.05) is 19.1 Å². The van der Waals surface area contributed by atoms with E-state index in [2.05, 4.69) is 4.72 Å². The molecule has 0 bridgehead atoms. The van der Waals surface area contributed by atoms with Crippen molar-refractivity contribution in [3.63, 3.8) is 0 Å². The largest absolute Gasteiger partial charge is 0.496 e. The maximum Gasteiger partial charge on any atom is 0.258 e. The van der Waals surface area contributed by atoms with Gasteiger partial charge < -0.3 is 9.64 Å². The van der Waals surface area contributed by atoms with Crippen molar-refractivity contribution < 1.29 is 22.3 Å². The van der Waals surface area contributed by atoms with E-state index in [-0.39, 0.29) is 24.1 Å². The van der Waals surface area contributed by atoms with Crippen molar-refractivity contribution in [3.05, 3.63) is 29.6 Å². The van der Waals surface area contributed by atoms with Gasteiger partial charge in [-0.3, -0.25) is 4.79 Å². The molecule has 128 valence electrons. The highest BCUT2D eigenvalue weighted by Gasteiger charge is 2.29. The Labute approximate surface area is 135 Å². The predicted molar refractivity (Wildman–Crippen MR) is 84.5 cm³/mol. The summed E-state index contributed by atoms with van der Waals surface area (Å²) in [5, 5.41) is 0. The van der Waals surface area contributed by atoms with E-state index in [1.807, 2.05) is 0 Å². The fourth-order valence-corrected chi connectivity index (χ4v) is 3.22. The number of likely N-dealkylation sites (tertiary alicyclic amines) is 1. The number of hydrogen-bond acceptors (Lipinski definition) is 4. The summed E-state index contributed by atoms with van der Waals surface area (Å²) in [4.78, 5) is 14.4. The predicted octanol–water partition coefficient (Wildman–Crippen LogP) is 1.38. The van der Waals surface area contributed by atoms with Gasteiger partial charge >= 0.3 is 0 Å².